The Morgan fingerprint density at radius 3 is 2.42 bits per heavy atom. The smallest absolute Gasteiger partial charge is 0.338 e. The molecule has 0 amide bonds. The first-order valence-electron chi connectivity index (χ1n) is 8.61. The van der Waals surface area contributed by atoms with Gasteiger partial charge in [-0.2, -0.15) is 4.31 Å². The highest BCUT2D eigenvalue weighted by molar-refractivity contribution is 7.89. The van der Waals surface area contributed by atoms with E-state index in [2.05, 4.69) is 0 Å². The highest BCUT2D eigenvalue weighted by atomic mass is 32.2. The average molecular weight is 375 g/mol. The lowest BCUT2D eigenvalue weighted by molar-refractivity contribution is 0.0500. The van der Waals surface area contributed by atoms with Crippen molar-refractivity contribution in [3.8, 4) is 0 Å². The molecule has 0 bridgehead atoms. The van der Waals surface area contributed by atoms with Crippen LogP contribution in [0.3, 0.4) is 0 Å². The largest absolute Gasteiger partial charge is 0.462 e. The summed E-state index contributed by atoms with van der Waals surface area (Å²) in [7, 11) is -2.11. The van der Waals surface area contributed by atoms with Gasteiger partial charge in [-0.3, -0.25) is 0 Å². The van der Waals surface area contributed by atoms with Gasteiger partial charge in [-0.05, 0) is 50.5 Å². The molecule has 0 aromatic heterocycles. The molecular weight excluding hydrogens is 350 g/mol. The Labute approximate surface area is 155 Å². The van der Waals surface area contributed by atoms with Gasteiger partial charge < -0.3 is 4.74 Å². The third kappa shape index (κ3) is 5.16. The summed E-state index contributed by atoms with van der Waals surface area (Å²) in [5.41, 5.74) is 1.43. The SMILES string of the molecule is CC(C)N(C)S(=O)(=O)c1cccc(C(=O)OCCCc2ccccc2)c1. The van der Waals surface area contributed by atoms with E-state index >= 15 is 0 Å². The van der Waals surface area contributed by atoms with Crippen LogP contribution >= 0.6 is 0 Å². The summed E-state index contributed by atoms with van der Waals surface area (Å²) < 4.78 is 31.6. The van der Waals surface area contributed by atoms with Crippen molar-refractivity contribution < 1.29 is 17.9 Å². The normalized spacial score (nSPS) is 11.7. The van der Waals surface area contributed by atoms with Gasteiger partial charge in [0.25, 0.3) is 0 Å². The van der Waals surface area contributed by atoms with Gasteiger partial charge in [-0.15, -0.1) is 0 Å². The number of sulfonamides is 1. The van der Waals surface area contributed by atoms with E-state index in [9.17, 15) is 13.2 Å². The number of nitrogens with zero attached hydrogens (tertiary/aromatic N) is 1. The van der Waals surface area contributed by atoms with Crippen molar-refractivity contribution in [3.05, 3.63) is 65.7 Å². The monoisotopic (exact) mass is 375 g/mol. The number of rotatable bonds is 8. The molecule has 26 heavy (non-hydrogen) atoms. The third-order valence-electron chi connectivity index (χ3n) is 4.16. The van der Waals surface area contributed by atoms with Gasteiger partial charge in [-0.25, -0.2) is 13.2 Å². The number of esters is 1. The van der Waals surface area contributed by atoms with Crippen LogP contribution in [0, 0.1) is 0 Å². The predicted octanol–water partition coefficient (Wildman–Crippen LogP) is 3.51. The number of aryl methyl sites for hydroxylation is 1. The van der Waals surface area contributed by atoms with Crippen molar-refractivity contribution in [3.63, 3.8) is 0 Å². The fraction of sp³-hybridized carbons (Fsp3) is 0.350. The lowest BCUT2D eigenvalue weighted by Gasteiger charge is -2.21. The lowest BCUT2D eigenvalue weighted by Crippen LogP contribution is -2.33. The van der Waals surface area contributed by atoms with Crippen molar-refractivity contribution in [1.29, 1.82) is 0 Å². The predicted molar refractivity (Wildman–Crippen MR) is 102 cm³/mol. The molecule has 0 aliphatic carbocycles. The second-order valence-corrected chi connectivity index (χ2v) is 8.37. The molecule has 0 saturated heterocycles. The minimum atomic E-state index is -3.63. The molecular formula is C20H25NO4S. The molecule has 0 heterocycles. The van der Waals surface area contributed by atoms with Gasteiger partial charge in [-0.1, -0.05) is 36.4 Å². The average Bonchev–Trinajstić information content (AvgIpc) is 2.65. The van der Waals surface area contributed by atoms with E-state index in [-0.39, 0.29) is 23.1 Å². The molecule has 0 fully saturated rings. The second kappa shape index (κ2) is 8.96. The molecule has 140 valence electrons. The van der Waals surface area contributed by atoms with E-state index in [1.54, 1.807) is 26.0 Å². The maximum Gasteiger partial charge on any atom is 0.338 e. The Kier molecular flexibility index (Phi) is 6.94. The van der Waals surface area contributed by atoms with Crippen LogP contribution in [0.1, 0.15) is 36.2 Å². The number of benzene rings is 2. The number of carbonyl (C=O) groups is 1. The Hall–Kier alpha value is -2.18. The fourth-order valence-corrected chi connectivity index (χ4v) is 3.81. The van der Waals surface area contributed by atoms with Crippen LogP contribution < -0.4 is 0 Å². The third-order valence-corrected chi connectivity index (χ3v) is 6.19. The highest BCUT2D eigenvalue weighted by Crippen LogP contribution is 2.18. The van der Waals surface area contributed by atoms with Gasteiger partial charge in [0.05, 0.1) is 17.1 Å². The van der Waals surface area contributed by atoms with Gasteiger partial charge in [0.2, 0.25) is 10.0 Å². The Balaban J connectivity index is 1.97. The maximum absolute atomic E-state index is 12.5. The summed E-state index contributed by atoms with van der Waals surface area (Å²) in [5.74, 6) is -0.512. The first kappa shape index (κ1) is 20.1. The van der Waals surface area contributed by atoms with Crippen molar-refractivity contribution >= 4 is 16.0 Å². The molecule has 0 unspecified atom stereocenters. The molecule has 0 aliphatic rings. The highest BCUT2D eigenvalue weighted by Gasteiger charge is 2.24. The molecule has 0 radical (unpaired) electrons. The Bertz CT molecular complexity index is 832. The Morgan fingerprint density at radius 1 is 1.08 bits per heavy atom. The van der Waals surface area contributed by atoms with Crippen LogP contribution in [-0.4, -0.2) is 38.4 Å². The van der Waals surface area contributed by atoms with Crippen LogP contribution in [-0.2, 0) is 21.2 Å². The van der Waals surface area contributed by atoms with Crippen LogP contribution in [0.5, 0.6) is 0 Å². The van der Waals surface area contributed by atoms with Gasteiger partial charge in [0.1, 0.15) is 0 Å². The number of carbonyl (C=O) groups excluding carboxylic acids is 1. The summed E-state index contributed by atoms with van der Waals surface area (Å²) in [4.78, 5) is 12.3. The quantitative estimate of drug-likeness (QED) is 0.523. The topological polar surface area (TPSA) is 63.7 Å². The molecule has 2 rings (SSSR count). The second-order valence-electron chi connectivity index (χ2n) is 6.37. The van der Waals surface area contributed by atoms with E-state index in [1.165, 1.54) is 29.0 Å². The van der Waals surface area contributed by atoms with Crippen LogP contribution in [0.4, 0.5) is 0 Å². The van der Waals surface area contributed by atoms with Crippen molar-refractivity contribution in [2.45, 2.75) is 37.6 Å². The van der Waals surface area contributed by atoms with Crippen molar-refractivity contribution in [2.75, 3.05) is 13.7 Å². The molecule has 0 spiro atoms. The maximum atomic E-state index is 12.5. The van der Waals surface area contributed by atoms with E-state index in [0.717, 1.165) is 6.42 Å². The number of hydrogen-bond donors (Lipinski definition) is 0. The zero-order chi connectivity index (χ0) is 19.2. The van der Waals surface area contributed by atoms with Crippen molar-refractivity contribution in [2.24, 2.45) is 0 Å². The number of hydrogen-bond acceptors (Lipinski definition) is 4. The first-order chi connectivity index (χ1) is 12.3. The van der Waals surface area contributed by atoms with Crippen LogP contribution in [0.2, 0.25) is 0 Å². The molecule has 5 nitrogen and oxygen atoms in total. The van der Waals surface area contributed by atoms with Crippen molar-refractivity contribution in [1.82, 2.24) is 4.31 Å². The van der Waals surface area contributed by atoms with Gasteiger partial charge >= 0.3 is 5.97 Å². The summed E-state index contributed by atoms with van der Waals surface area (Å²) >= 11 is 0. The van der Waals surface area contributed by atoms with E-state index in [0.29, 0.717) is 6.42 Å². The molecule has 0 N–H and O–H groups in total. The zero-order valence-electron chi connectivity index (χ0n) is 15.4. The van der Waals surface area contributed by atoms with Gasteiger partial charge in [0.15, 0.2) is 0 Å². The standard InChI is InChI=1S/C20H25NO4S/c1-16(2)21(3)26(23,24)19-13-7-12-18(15-19)20(22)25-14-8-11-17-9-5-4-6-10-17/h4-7,9-10,12-13,15-16H,8,11,14H2,1-3H3. The fourth-order valence-electron chi connectivity index (χ4n) is 2.40. The molecule has 0 saturated carbocycles. The minimum absolute atomic E-state index is 0.0902. The molecule has 0 atom stereocenters. The molecule has 0 aliphatic heterocycles. The molecule has 6 heteroatoms. The molecule has 2 aromatic rings. The summed E-state index contributed by atoms with van der Waals surface area (Å²) in [6, 6.07) is 15.8. The summed E-state index contributed by atoms with van der Waals surface area (Å²) in [6.45, 7) is 3.88. The molecule has 2 aromatic carbocycles. The zero-order valence-corrected chi connectivity index (χ0v) is 16.2. The van der Waals surface area contributed by atoms with E-state index in [1.807, 2.05) is 30.3 Å². The first-order valence-corrected chi connectivity index (χ1v) is 10.1. The lowest BCUT2D eigenvalue weighted by atomic mass is 10.1. The van der Waals surface area contributed by atoms with E-state index in [4.69, 9.17) is 4.74 Å². The Morgan fingerprint density at radius 2 is 1.77 bits per heavy atom. The van der Waals surface area contributed by atoms with E-state index < -0.39 is 16.0 Å². The minimum Gasteiger partial charge on any atom is -0.462 e. The van der Waals surface area contributed by atoms with Gasteiger partial charge in [0, 0.05) is 13.1 Å². The summed E-state index contributed by atoms with van der Waals surface area (Å²) in [5, 5.41) is 0. The summed E-state index contributed by atoms with van der Waals surface area (Å²) in [6.07, 6.45) is 1.53. The van der Waals surface area contributed by atoms with Crippen LogP contribution in [0.15, 0.2) is 59.5 Å². The number of ether oxygens (including phenoxy) is 1. The van der Waals surface area contributed by atoms with Crippen LogP contribution in [0.25, 0.3) is 0 Å².